The Morgan fingerprint density at radius 3 is 2.62 bits per heavy atom. The second-order valence-corrected chi connectivity index (χ2v) is 2.79. The number of nitrogens with one attached hydrogen (secondary N) is 1. The molecule has 0 spiro atoms. The van der Waals surface area contributed by atoms with Crippen molar-refractivity contribution < 1.29 is 9.59 Å². The van der Waals surface area contributed by atoms with Gasteiger partial charge < -0.3 is 10.2 Å². The van der Waals surface area contributed by atoms with Crippen molar-refractivity contribution in [3.63, 3.8) is 0 Å². The zero-order chi connectivity index (χ0) is 10.3. The number of carbonyl (C=O) groups is 2. The molecule has 0 aromatic heterocycles. The summed E-state index contributed by atoms with van der Waals surface area (Å²) in [5.41, 5.74) is 0. The first-order chi connectivity index (χ1) is 6.07. The Bertz CT molecular complexity index is 202. The highest BCUT2D eigenvalue weighted by atomic mass is 16.2. The minimum absolute atomic E-state index is 0.0371. The van der Waals surface area contributed by atoms with Crippen LogP contribution >= 0.6 is 0 Å². The number of rotatable bonds is 5. The molecule has 13 heavy (non-hydrogen) atoms. The molecule has 0 aliphatic carbocycles. The molecule has 0 radical (unpaired) electrons. The van der Waals surface area contributed by atoms with Gasteiger partial charge >= 0.3 is 0 Å². The average Bonchev–Trinajstić information content (AvgIpc) is 2.11. The topological polar surface area (TPSA) is 49.4 Å². The zero-order valence-electron chi connectivity index (χ0n) is 8.17. The molecule has 0 unspecified atom stereocenters. The van der Waals surface area contributed by atoms with Crippen molar-refractivity contribution in [1.82, 2.24) is 10.2 Å². The molecule has 0 aliphatic heterocycles. The second kappa shape index (κ2) is 6.22. The summed E-state index contributed by atoms with van der Waals surface area (Å²) in [4.78, 5) is 23.0. The Morgan fingerprint density at radius 1 is 1.54 bits per heavy atom. The molecule has 0 atom stereocenters. The van der Waals surface area contributed by atoms with Gasteiger partial charge in [0.05, 0.1) is 0 Å². The van der Waals surface area contributed by atoms with Crippen molar-refractivity contribution in [2.45, 2.75) is 13.3 Å². The SMILES string of the molecule is C=CC(=O)NCCCN(C)C(C)=O. The number of carbonyl (C=O) groups excluding carboxylic acids is 2. The average molecular weight is 184 g/mol. The van der Waals surface area contributed by atoms with Crippen molar-refractivity contribution in [3.8, 4) is 0 Å². The normalized spacial score (nSPS) is 9.08. The van der Waals surface area contributed by atoms with Crippen LogP contribution in [0.15, 0.2) is 12.7 Å². The fourth-order valence-electron chi connectivity index (χ4n) is 0.757. The van der Waals surface area contributed by atoms with Gasteiger partial charge in [-0.1, -0.05) is 6.58 Å². The Hall–Kier alpha value is -1.32. The fourth-order valence-corrected chi connectivity index (χ4v) is 0.757. The molecule has 0 bridgehead atoms. The van der Waals surface area contributed by atoms with Gasteiger partial charge in [0.25, 0.3) is 0 Å². The summed E-state index contributed by atoms with van der Waals surface area (Å²) in [5.74, 6) is -0.138. The lowest BCUT2D eigenvalue weighted by atomic mass is 10.4. The van der Waals surface area contributed by atoms with Crippen LogP contribution in [0.25, 0.3) is 0 Å². The Morgan fingerprint density at radius 2 is 2.15 bits per heavy atom. The molecule has 0 heterocycles. The third-order valence-electron chi connectivity index (χ3n) is 1.69. The molecule has 0 aliphatic rings. The quantitative estimate of drug-likeness (QED) is 0.488. The highest BCUT2D eigenvalue weighted by Crippen LogP contribution is 1.86. The maximum Gasteiger partial charge on any atom is 0.243 e. The summed E-state index contributed by atoms with van der Waals surface area (Å²) in [5, 5.41) is 2.63. The van der Waals surface area contributed by atoms with Crippen molar-refractivity contribution in [1.29, 1.82) is 0 Å². The standard InChI is InChI=1S/C9H16N2O2/c1-4-9(13)10-6-5-7-11(3)8(2)12/h4H,1,5-7H2,2-3H3,(H,10,13). The summed E-state index contributed by atoms with van der Waals surface area (Å²) in [6.07, 6.45) is 1.99. The monoisotopic (exact) mass is 184 g/mol. The number of amides is 2. The van der Waals surface area contributed by atoms with Gasteiger partial charge in [0, 0.05) is 27.1 Å². The molecule has 0 aromatic carbocycles. The number of hydrogen-bond acceptors (Lipinski definition) is 2. The molecule has 0 saturated heterocycles. The summed E-state index contributed by atoms with van der Waals surface area (Å²) in [6, 6.07) is 0. The summed E-state index contributed by atoms with van der Waals surface area (Å²) < 4.78 is 0. The minimum Gasteiger partial charge on any atom is -0.353 e. The molecule has 4 nitrogen and oxygen atoms in total. The van der Waals surface area contributed by atoms with E-state index in [1.165, 1.54) is 13.0 Å². The molecule has 74 valence electrons. The van der Waals surface area contributed by atoms with E-state index in [1.54, 1.807) is 11.9 Å². The first-order valence-electron chi connectivity index (χ1n) is 4.20. The molecule has 0 aromatic rings. The van der Waals surface area contributed by atoms with E-state index < -0.39 is 0 Å². The summed E-state index contributed by atoms with van der Waals surface area (Å²) in [7, 11) is 1.73. The fraction of sp³-hybridized carbons (Fsp3) is 0.556. The smallest absolute Gasteiger partial charge is 0.243 e. The van der Waals surface area contributed by atoms with Crippen LogP contribution in [0.4, 0.5) is 0 Å². The van der Waals surface area contributed by atoms with Gasteiger partial charge in [0.2, 0.25) is 11.8 Å². The number of nitrogens with zero attached hydrogens (tertiary/aromatic N) is 1. The van der Waals surface area contributed by atoms with E-state index in [4.69, 9.17) is 0 Å². The maximum atomic E-state index is 10.8. The van der Waals surface area contributed by atoms with E-state index >= 15 is 0 Å². The van der Waals surface area contributed by atoms with E-state index in [2.05, 4.69) is 11.9 Å². The van der Waals surface area contributed by atoms with Crippen LogP contribution in [0.3, 0.4) is 0 Å². The van der Waals surface area contributed by atoms with Gasteiger partial charge in [-0.15, -0.1) is 0 Å². The van der Waals surface area contributed by atoms with Crippen LogP contribution in [0.1, 0.15) is 13.3 Å². The molecule has 0 rings (SSSR count). The van der Waals surface area contributed by atoms with Gasteiger partial charge in [0.1, 0.15) is 0 Å². The predicted octanol–water partition coefficient (Wildman–Crippen LogP) is 0.157. The van der Waals surface area contributed by atoms with Crippen molar-refractivity contribution in [2.24, 2.45) is 0 Å². The van der Waals surface area contributed by atoms with E-state index in [9.17, 15) is 9.59 Å². The Kier molecular flexibility index (Phi) is 5.59. The predicted molar refractivity (Wildman–Crippen MR) is 51.1 cm³/mol. The highest BCUT2D eigenvalue weighted by molar-refractivity contribution is 5.86. The van der Waals surface area contributed by atoms with E-state index in [1.807, 2.05) is 0 Å². The van der Waals surface area contributed by atoms with Gasteiger partial charge in [-0.2, -0.15) is 0 Å². The lowest BCUT2D eigenvalue weighted by Crippen LogP contribution is -2.29. The van der Waals surface area contributed by atoms with Crippen molar-refractivity contribution in [3.05, 3.63) is 12.7 Å². The Labute approximate surface area is 78.6 Å². The number of hydrogen-bond donors (Lipinski definition) is 1. The second-order valence-electron chi connectivity index (χ2n) is 2.79. The minimum atomic E-state index is -0.175. The van der Waals surface area contributed by atoms with Crippen molar-refractivity contribution >= 4 is 11.8 Å². The van der Waals surface area contributed by atoms with Gasteiger partial charge in [0.15, 0.2) is 0 Å². The van der Waals surface area contributed by atoms with Crippen LogP contribution in [0.5, 0.6) is 0 Å². The zero-order valence-corrected chi connectivity index (χ0v) is 8.17. The summed E-state index contributed by atoms with van der Waals surface area (Å²) >= 11 is 0. The Balaban J connectivity index is 3.40. The molecule has 0 saturated carbocycles. The van der Waals surface area contributed by atoms with Crippen LogP contribution < -0.4 is 5.32 Å². The van der Waals surface area contributed by atoms with Crippen molar-refractivity contribution in [2.75, 3.05) is 20.1 Å². The first kappa shape index (κ1) is 11.7. The third-order valence-corrected chi connectivity index (χ3v) is 1.69. The van der Waals surface area contributed by atoms with Gasteiger partial charge in [-0.3, -0.25) is 9.59 Å². The van der Waals surface area contributed by atoms with Crippen LogP contribution in [-0.2, 0) is 9.59 Å². The molecule has 0 fully saturated rings. The van der Waals surface area contributed by atoms with Crippen LogP contribution in [0.2, 0.25) is 0 Å². The van der Waals surface area contributed by atoms with E-state index in [0.29, 0.717) is 13.1 Å². The molecular weight excluding hydrogens is 168 g/mol. The largest absolute Gasteiger partial charge is 0.353 e. The highest BCUT2D eigenvalue weighted by Gasteiger charge is 2.00. The lowest BCUT2D eigenvalue weighted by molar-refractivity contribution is -0.127. The molecule has 1 N–H and O–H groups in total. The first-order valence-corrected chi connectivity index (χ1v) is 4.20. The van der Waals surface area contributed by atoms with E-state index in [-0.39, 0.29) is 11.8 Å². The maximum absolute atomic E-state index is 10.8. The third kappa shape index (κ3) is 5.90. The van der Waals surface area contributed by atoms with Gasteiger partial charge in [-0.05, 0) is 12.5 Å². The van der Waals surface area contributed by atoms with Crippen LogP contribution in [0, 0.1) is 0 Å². The lowest BCUT2D eigenvalue weighted by Gasteiger charge is -2.14. The van der Waals surface area contributed by atoms with Crippen LogP contribution in [-0.4, -0.2) is 36.9 Å². The van der Waals surface area contributed by atoms with E-state index in [0.717, 1.165) is 6.42 Å². The summed E-state index contributed by atoms with van der Waals surface area (Å²) in [6.45, 7) is 6.07. The molecular formula is C9H16N2O2. The molecule has 4 heteroatoms. The van der Waals surface area contributed by atoms with Gasteiger partial charge in [-0.25, -0.2) is 0 Å². The molecule has 2 amide bonds.